The number of nitrogens with zero attached hydrogens (tertiary/aromatic N) is 2. The number of aliphatic hydroxyl groups is 1. The summed E-state index contributed by atoms with van der Waals surface area (Å²) in [7, 11) is 2.50. The Labute approximate surface area is 165 Å². The number of likely N-dealkylation sites (N-methyl/N-ethyl adjacent to an activating group) is 2. The molecule has 0 saturated carbocycles. The van der Waals surface area contributed by atoms with Gasteiger partial charge in [-0.3, -0.25) is 19.4 Å². The molecule has 1 aromatic carbocycles. The number of aliphatic hydroxyl groups excluding tert-OH is 1. The van der Waals surface area contributed by atoms with E-state index in [1.165, 1.54) is 14.1 Å². The fraction of sp³-hybridized carbons (Fsp3) is 0.263. The number of benzene rings is 1. The van der Waals surface area contributed by atoms with Crippen LogP contribution in [0.15, 0.2) is 30.5 Å². The minimum Gasteiger partial charge on any atom is -0.454 e. The molecule has 0 bridgehead atoms. The van der Waals surface area contributed by atoms with Crippen LogP contribution in [0.1, 0.15) is 10.4 Å². The van der Waals surface area contributed by atoms with Crippen LogP contribution >= 0.6 is 0 Å². The summed E-state index contributed by atoms with van der Waals surface area (Å²) in [4.78, 5) is 41.3. The number of nitrogens with one attached hydrogen (secondary N) is 1. The van der Waals surface area contributed by atoms with E-state index in [0.717, 1.165) is 17.2 Å². The number of amides is 2. The maximum absolute atomic E-state index is 14.7. The lowest BCUT2D eigenvalue weighted by Gasteiger charge is -2.25. The number of hydrogen-bond donors (Lipinski definition) is 2. The summed E-state index contributed by atoms with van der Waals surface area (Å²) in [6, 6.07) is 4.22. The van der Waals surface area contributed by atoms with Crippen molar-refractivity contribution < 1.29 is 33.4 Å². The number of carbonyl (C=O) groups is 3. The number of ketones is 1. The molecule has 1 aliphatic heterocycles. The van der Waals surface area contributed by atoms with Gasteiger partial charge in [-0.2, -0.15) is 0 Å². The predicted octanol–water partition coefficient (Wildman–Crippen LogP) is 0.364. The summed E-state index contributed by atoms with van der Waals surface area (Å²) in [5, 5.41) is 11.3. The average Bonchev–Trinajstić information content (AvgIpc) is 3.20. The van der Waals surface area contributed by atoms with Crippen molar-refractivity contribution in [2.75, 3.05) is 27.5 Å². The zero-order chi connectivity index (χ0) is 21.1. The molecule has 1 atom stereocenters. The molecule has 2 N–H and O–H groups in total. The molecule has 2 heterocycles. The van der Waals surface area contributed by atoms with Gasteiger partial charge in [-0.15, -0.1) is 0 Å². The number of rotatable bonds is 6. The topological polar surface area (TPSA) is 118 Å². The first-order valence-electron chi connectivity index (χ1n) is 8.55. The van der Waals surface area contributed by atoms with Gasteiger partial charge in [0.05, 0.1) is 5.56 Å². The number of pyridine rings is 1. The summed E-state index contributed by atoms with van der Waals surface area (Å²) in [5.74, 6) is -2.22. The van der Waals surface area contributed by atoms with Gasteiger partial charge in [0.2, 0.25) is 12.7 Å². The third kappa shape index (κ3) is 3.87. The first kappa shape index (κ1) is 20.2. The van der Waals surface area contributed by atoms with E-state index in [4.69, 9.17) is 14.6 Å². The van der Waals surface area contributed by atoms with Crippen molar-refractivity contribution in [1.82, 2.24) is 15.2 Å². The van der Waals surface area contributed by atoms with Crippen LogP contribution in [0.25, 0.3) is 11.3 Å². The van der Waals surface area contributed by atoms with Gasteiger partial charge in [0.1, 0.15) is 18.1 Å². The molecule has 9 nitrogen and oxygen atoms in total. The molecule has 2 aromatic rings. The zero-order valence-electron chi connectivity index (χ0n) is 15.6. The molecule has 2 amide bonds. The van der Waals surface area contributed by atoms with E-state index in [1.54, 1.807) is 18.2 Å². The Balaban J connectivity index is 1.88. The van der Waals surface area contributed by atoms with Crippen molar-refractivity contribution in [2.24, 2.45) is 0 Å². The highest BCUT2D eigenvalue weighted by Gasteiger charge is 2.33. The van der Waals surface area contributed by atoms with Crippen molar-refractivity contribution in [3.63, 3.8) is 0 Å². The fourth-order valence-electron chi connectivity index (χ4n) is 2.89. The fourth-order valence-corrected chi connectivity index (χ4v) is 2.89. The monoisotopic (exact) mass is 403 g/mol. The third-order valence-electron chi connectivity index (χ3n) is 4.40. The van der Waals surface area contributed by atoms with Crippen LogP contribution in [0, 0.1) is 5.82 Å². The molecule has 0 fully saturated rings. The van der Waals surface area contributed by atoms with E-state index in [2.05, 4.69) is 10.3 Å². The second-order valence-electron chi connectivity index (χ2n) is 6.18. The molecule has 0 spiro atoms. The third-order valence-corrected chi connectivity index (χ3v) is 4.40. The van der Waals surface area contributed by atoms with Gasteiger partial charge in [0, 0.05) is 25.9 Å². The molecule has 10 heteroatoms. The Kier molecular flexibility index (Phi) is 5.74. The Morgan fingerprint density at radius 2 is 2.00 bits per heavy atom. The number of ether oxygens (including phenoxy) is 2. The molecule has 3 rings (SSSR count). The average molecular weight is 403 g/mol. The van der Waals surface area contributed by atoms with Gasteiger partial charge < -0.3 is 24.8 Å². The number of halogens is 1. The van der Waals surface area contributed by atoms with Gasteiger partial charge in [0.25, 0.3) is 5.91 Å². The van der Waals surface area contributed by atoms with Gasteiger partial charge in [-0.1, -0.05) is 0 Å². The van der Waals surface area contributed by atoms with Crippen molar-refractivity contribution in [1.29, 1.82) is 0 Å². The van der Waals surface area contributed by atoms with Crippen molar-refractivity contribution >= 4 is 17.6 Å². The molecule has 1 aliphatic rings. The SMILES string of the molecule is CNC(=O)C(C(=O)CO)N(C)C(=O)c1cnc(-c2ccc3c(c2)OCO3)c(F)c1. The molecular weight excluding hydrogens is 385 g/mol. The van der Waals surface area contributed by atoms with Gasteiger partial charge in [0.15, 0.2) is 23.3 Å². The second kappa shape index (κ2) is 8.23. The van der Waals surface area contributed by atoms with Crippen molar-refractivity contribution in [2.45, 2.75) is 6.04 Å². The van der Waals surface area contributed by atoms with Gasteiger partial charge in [-0.25, -0.2) is 4.39 Å². The molecule has 0 saturated heterocycles. The zero-order valence-corrected chi connectivity index (χ0v) is 15.6. The van der Waals surface area contributed by atoms with E-state index in [0.29, 0.717) is 17.1 Å². The highest BCUT2D eigenvalue weighted by Crippen LogP contribution is 2.36. The van der Waals surface area contributed by atoms with E-state index in [1.807, 2.05) is 0 Å². The Bertz CT molecular complexity index is 964. The molecule has 152 valence electrons. The highest BCUT2D eigenvalue weighted by atomic mass is 19.1. The van der Waals surface area contributed by atoms with E-state index >= 15 is 0 Å². The second-order valence-corrected chi connectivity index (χ2v) is 6.18. The van der Waals surface area contributed by atoms with Crippen LogP contribution in [-0.2, 0) is 9.59 Å². The van der Waals surface area contributed by atoms with Crippen LogP contribution in [0.3, 0.4) is 0 Å². The number of carbonyl (C=O) groups excluding carboxylic acids is 3. The lowest BCUT2D eigenvalue weighted by molar-refractivity contribution is -0.135. The van der Waals surface area contributed by atoms with E-state index in [9.17, 15) is 18.8 Å². The number of fused-ring (bicyclic) bond motifs is 1. The maximum Gasteiger partial charge on any atom is 0.256 e. The predicted molar refractivity (Wildman–Crippen MR) is 97.8 cm³/mol. The number of Topliss-reactive ketones (excluding diaryl/α,β-unsaturated/α-hetero) is 1. The van der Waals surface area contributed by atoms with Crippen LogP contribution in [-0.4, -0.2) is 66.1 Å². The standard InChI is InChI=1S/C19H18FN3O6/c1-21-18(26)17(13(25)8-24)23(2)19(27)11-5-12(20)16(22-7-11)10-3-4-14-15(6-10)29-9-28-14/h3-7,17,24H,8-9H2,1-2H3,(H,21,26). The van der Waals surface area contributed by atoms with Crippen LogP contribution < -0.4 is 14.8 Å². The van der Waals surface area contributed by atoms with E-state index < -0.39 is 36.1 Å². The highest BCUT2D eigenvalue weighted by molar-refractivity contribution is 6.10. The summed E-state index contributed by atoms with van der Waals surface area (Å²) in [6.45, 7) is -0.848. The minimum absolute atomic E-state index is 0.00297. The molecule has 29 heavy (non-hydrogen) atoms. The van der Waals surface area contributed by atoms with Crippen LogP contribution in [0.2, 0.25) is 0 Å². The normalized spacial score (nSPS) is 13.0. The minimum atomic E-state index is -1.55. The number of aromatic nitrogens is 1. The molecule has 1 unspecified atom stereocenters. The smallest absolute Gasteiger partial charge is 0.256 e. The van der Waals surface area contributed by atoms with E-state index in [-0.39, 0.29) is 18.1 Å². The summed E-state index contributed by atoms with van der Waals surface area (Å²) in [6.07, 6.45) is 1.15. The van der Waals surface area contributed by atoms with Gasteiger partial charge in [-0.05, 0) is 24.3 Å². The Morgan fingerprint density at radius 1 is 1.28 bits per heavy atom. The Morgan fingerprint density at radius 3 is 2.66 bits per heavy atom. The van der Waals surface area contributed by atoms with Gasteiger partial charge >= 0.3 is 0 Å². The summed E-state index contributed by atoms with van der Waals surface area (Å²) < 4.78 is 25.1. The lowest BCUT2D eigenvalue weighted by Crippen LogP contribution is -2.52. The van der Waals surface area contributed by atoms with Crippen LogP contribution in [0.4, 0.5) is 4.39 Å². The maximum atomic E-state index is 14.7. The largest absolute Gasteiger partial charge is 0.454 e. The summed E-state index contributed by atoms with van der Waals surface area (Å²) in [5.41, 5.74) is 0.267. The van der Waals surface area contributed by atoms with Crippen LogP contribution in [0.5, 0.6) is 11.5 Å². The van der Waals surface area contributed by atoms with Crippen molar-refractivity contribution in [3.05, 3.63) is 41.8 Å². The molecule has 0 aliphatic carbocycles. The molecule has 1 aromatic heterocycles. The Hall–Kier alpha value is -3.53. The quantitative estimate of drug-likeness (QED) is 0.669. The molecule has 0 radical (unpaired) electrons. The van der Waals surface area contributed by atoms with Crippen molar-refractivity contribution in [3.8, 4) is 22.8 Å². The first-order chi connectivity index (χ1) is 13.9. The molecular formula is C19H18FN3O6. The first-order valence-corrected chi connectivity index (χ1v) is 8.55. The number of hydrogen-bond acceptors (Lipinski definition) is 7. The summed E-state index contributed by atoms with van der Waals surface area (Å²) >= 11 is 0. The lowest BCUT2D eigenvalue weighted by atomic mass is 10.1.